The molecule has 1 aliphatic rings. The molecule has 1 heterocycles. The first-order chi connectivity index (χ1) is 30.9. The largest absolute Gasteiger partial charge is 0.456 e. The van der Waals surface area contributed by atoms with E-state index in [0.717, 1.165) is 6.07 Å². The first-order valence-corrected chi connectivity index (χ1v) is 13.0. The van der Waals surface area contributed by atoms with E-state index < -0.39 is 194 Å². The maximum absolute atomic E-state index is 9.88. The molecule has 43 heavy (non-hydrogen) atoms. The Labute approximate surface area is 280 Å². The summed E-state index contributed by atoms with van der Waals surface area (Å²) < 4.78 is 213. The van der Waals surface area contributed by atoms with Gasteiger partial charge < -0.3 is 4.74 Å². The lowest BCUT2D eigenvalue weighted by Gasteiger charge is -2.22. The van der Waals surface area contributed by atoms with Crippen LogP contribution in [-0.2, 0) is 0 Å². The Kier molecular flexibility index (Phi) is 2.01. The Morgan fingerprint density at radius 1 is 0.372 bits per heavy atom. The molecule has 0 spiro atoms. The van der Waals surface area contributed by atoms with E-state index in [9.17, 15) is 12.3 Å². The molecule has 198 valence electrons. The SMILES string of the molecule is [2H]c1cc2c(-c3c([2H])c([2H])c([2H])c4c([2H])c([2H])c(-c5c([2H])c([2H])c6c([2H])c([2H])c7c([2H])c([2H])c([2H])c8c([2H])c([2H])c5c6c78)c([2H])c34)c([2H])c([2H])c3c2c(c1[2H])-c1c([2H])c([2H])c([2H])c([2H])c1O3. The quantitative estimate of drug-likeness (QED) is 0.189. The van der Waals surface area contributed by atoms with Gasteiger partial charge >= 0.3 is 0 Å². The number of para-hydroxylation sites is 1. The van der Waals surface area contributed by atoms with Gasteiger partial charge in [0.05, 0.1) is 31.5 Å². The van der Waals surface area contributed by atoms with Gasteiger partial charge in [-0.25, -0.2) is 0 Å². The van der Waals surface area contributed by atoms with Crippen molar-refractivity contribution < 1.29 is 36.3 Å². The van der Waals surface area contributed by atoms with Crippen molar-refractivity contribution in [3.63, 3.8) is 0 Å². The molecular weight excluding hydrogens is 520 g/mol. The average molecular weight is 568 g/mol. The van der Waals surface area contributed by atoms with E-state index in [1.807, 2.05) is 0 Å². The fourth-order valence-corrected chi connectivity index (χ4v) is 5.72. The summed E-state index contributed by atoms with van der Waals surface area (Å²) in [5.74, 6) is -0.945. The van der Waals surface area contributed by atoms with Crippen molar-refractivity contribution >= 4 is 53.9 Å². The summed E-state index contributed by atoms with van der Waals surface area (Å²) in [7, 11) is 0. The predicted octanol–water partition coefficient (Wildman–Crippen LogP) is 12.0. The highest BCUT2D eigenvalue weighted by Crippen LogP contribution is 2.49. The Morgan fingerprint density at radius 2 is 1.05 bits per heavy atom. The van der Waals surface area contributed by atoms with Crippen LogP contribution in [0.5, 0.6) is 11.5 Å². The summed E-state index contributed by atoms with van der Waals surface area (Å²) in [6.07, 6.45) is 0. The number of hydrogen-bond donors (Lipinski definition) is 0. The first-order valence-electron chi connectivity index (χ1n) is 24.5. The summed E-state index contributed by atoms with van der Waals surface area (Å²) in [5, 5.41) is -3.70. The van der Waals surface area contributed by atoms with E-state index in [4.69, 9.17) is 23.9 Å². The van der Waals surface area contributed by atoms with Gasteiger partial charge in [-0.05, 0) is 94.4 Å². The van der Waals surface area contributed by atoms with Gasteiger partial charge in [0.25, 0.3) is 0 Å². The number of hydrogen-bond acceptors (Lipinski definition) is 1. The molecule has 0 aliphatic carbocycles. The third kappa shape index (κ3) is 3.17. The predicted molar refractivity (Wildman–Crippen MR) is 182 cm³/mol. The van der Waals surface area contributed by atoms with Crippen LogP contribution in [0.2, 0.25) is 0 Å². The van der Waals surface area contributed by atoms with E-state index in [1.54, 1.807) is 0 Å². The second-order valence-electron chi connectivity index (χ2n) is 9.84. The molecule has 0 amide bonds. The molecular formula is C42H24O. The molecule has 0 radical (unpaired) electrons. The lowest BCUT2D eigenvalue weighted by atomic mass is 9.87. The van der Waals surface area contributed by atoms with Crippen molar-refractivity contribution in [2.45, 2.75) is 0 Å². The van der Waals surface area contributed by atoms with Crippen molar-refractivity contribution in [1.29, 1.82) is 0 Å². The summed E-state index contributed by atoms with van der Waals surface area (Å²) in [6.45, 7) is 0. The van der Waals surface area contributed by atoms with E-state index >= 15 is 0 Å². The van der Waals surface area contributed by atoms with Crippen molar-refractivity contribution in [1.82, 2.24) is 0 Å². The molecule has 0 atom stereocenters. The summed E-state index contributed by atoms with van der Waals surface area (Å²) in [6, 6.07) is -16.1. The molecule has 0 saturated carbocycles. The normalized spacial score (nSPS) is 19.9. The van der Waals surface area contributed by atoms with Gasteiger partial charge in [-0.3, -0.25) is 0 Å². The second kappa shape index (κ2) is 8.44. The maximum Gasteiger partial charge on any atom is 0.135 e. The van der Waals surface area contributed by atoms with E-state index in [2.05, 4.69) is 0 Å². The highest BCUT2D eigenvalue weighted by Gasteiger charge is 2.22. The minimum atomic E-state index is -0.892. The van der Waals surface area contributed by atoms with Crippen LogP contribution < -0.4 is 4.74 Å². The first kappa shape index (κ1) is 10.3. The Hall–Kier alpha value is -5.66. The second-order valence-corrected chi connectivity index (χ2v) is 9.84. The number of fused-ring (bicyclic) bond motifs is 3. The maximum atomic E-state index is 9.88. The summed E-state index contributed by atoms with van der Waals surface area (Å²) in [5.41, 5.74) is -2.98. The van der Waals surface area contributed by atoms with Crippen LogP contribution in [0.15, 0.2) is 145 Å². The average Bonchev–Trinajstić information content (AvgIpc) is 3.28. The van der Waals surface area contributed by atoms with E-state index in [0.29, 0.717) is 0 Å². The van der Waals surface area contributed by atoms with Crippen molar-refractivity contribution in [3.8, 4) is 44.9 Å². The lowest BCUT2D eigenvalue weighted by molar-refractivity contribution is 0.487. The Morgan fingerprint density at radius 3 is 1.98 bits per heavy atom. The molecule has 0 N–H and O–H groups in total. The summed E-state index contributed by atoms with van der Waals surface area (Å²) >= 11 is 0. The number of benzene rings is 9. The van der Waals surface area contributed by atoms with Gasteiger partial charge in [0.15, 0.2) is 0 Å². The van der Waals surface area contributed by atoms with Gasteiger partial charge in [0.2, 0.25) is 0 Å². The van der Waals surface area contributed by atoms with Crippen LogP contribution in [0.1, 0.15) is 31.5 Å². The molecule has 0 bridgehead atoms. The van der Waals surface area contributed by atoms with E-state index in [1.165, 1.54) is 0 Å². The monoisotopic (exact) mass is 567 g/mol. The van der Waals surface area contributed by atoms with Gasteiger partial charge in [-0.2, -0.15) is 0 Å². The molecule has 9 aromatic rings. The minimum absolute atomic E-state index is 0.215. The molecule has 9 aromatic carbocycles. The molecule has 0 unspecified atom stereocenters. The van der Waals surface area contributed by atoms with Crippen LogP contribution in [0.4, 0.5) is 0 Å². The molecule has 10 rings (SSSR count). The van der Waals surface area contributed by atoms with Crippen LogP contribution in [-0.4, -0.2) is 0 Å². The van der Waals surface area contributed by atoms with Gasteiger partial charge in [-0.15, -0.1) is 0 Å². The minimum Gasteiger partial charge on any atom is -0.456 e. The van der Waals surface area contributed by atoms with Crippen LogP contribution in [0.25, 0.3) is 87.2 Å². The molecule has 1 heteroatoms. The van der Waals surface area contributed by atoms with Crippen molar-refractivity contribution in [2.75, 3.05) is 0 Å². The highest BCUT2D eigenvalue weighted by molar-refractivity contribution is 6.25. The van der Waals surface area contributed by atoms with Crippen LogP contribution in [0, 0.1) is 0 Å². The topological polar surface area (TPSA) is 9.23 Å². The van der Waals surface area contributed by atoms with Gasteiger partial charge in [0, 0.05) is 10.9 Å². The van der Waals surface area contributed by atoms with Crippen molar-refractivity contribution in [2.24, 2.45) is 0 Å². The molecule has 0 saturated heterocycles. The highest BCUT2D eigenvalue weighted by atomic mass is 16.5. The molecule has 0 fully saturated rings. The zero-order chi connectivity index (χ0) is 48.1. The third-order valence-corrected chi connectivity index (χ3v) is 7.59. The smallest absolute Gasteiger partial charge is 0.135 e. The lowest BCUT2D eigenvalue weighted by Crippen LogP contribution is -1.97. The fraction of sp³-hybridized carbons (Fsp3) is 0. The third-order valence-electron chi connectivity index (χ3n) is 7.59. The number of ether oxygens (including phenoxy) is 1. The molecule has 0 aromatic heterocycles. The zero-order valence-electron chi connectivity index (χ0n) is 44.5. The summed E-state index contributed by atoms with van der Waals surface area (Å²) in [4.78, 5) is 0. The van der Waals surface area contributed by atoms with Crippen molar-refractivity contribution in [3.05, 3.63) is 145 Å². The van der Waals surface area contributed by atoms with Gasteiger partial charge in [0.1, 0.15) is 11.5 Å². The zero-order valence-corrected chi connectivity index (χ0v) is 21.5. The van der Waals surface area contributed by atoms with Crippen LogP contribution >= 0.6 is 0 Å². The standard InChI is InChI=1S/C42H24O/c1-2-13-38-33(9-1)35-12-5-11-34-32(22-23-39(43-38)42(34)35)31-10-4-6-25-14-17-29(24-37(25)31)30-20-18-28-16-15-26-7-3-8-27-19-21-36(30)41(28)40(26)27/h1-24H/i1D,2D,3D,4D,5D,6D,7D,8D,9D,10D,12D,13D,14D,15D,16D,17D,18D,19D,20D,21D,22D,23D,24D. The number of rotatable bonds is 2. The fourth-order valence-electron chi connectivity index (χ4n) is 5.72. The molecule has 1 aliphatic heterocycles. The van der Waals surface area contributed by atoms with E-state index in [-0.39, 0.29) is 43.4 Å². The Balaban J connectivity index is 1.44. The Bertz CT molecular complexity index is 3860. The van der Waals surface area contributed by atoms with Gasteiger partial charge in [-0.1, -0.05) is 127 Å². The molecule has 1 nitrogen and oxygen atoms in total. The van der Waals surface area contributed by atoms with Crippen LogP contribution in [0.3, 0.4) is 0 Å².